The van der Waals surface area contributed by atoms with Crippen LogP contribution in [0.2, 0.25) is 0 Å². The van der Waals surface area contributed by atoms with Crippen molar-refractivity contribution in [2.24, 2.45) is 0 Å². The third-order valence-electron chi connectivity index (χ3n) is 6.05. The van der Waals surface area contributed by atoms with Gasteiger partial charge in [-0.15, -0.1) is 0 Å². The highest BCUT2D eigenvalue weighted by molar-refractivity contribution is 7.89. The molecule has 1 unspecified atom stereocenters. The van der Waals surface area contributed by atoms with Crippen LogP contribution in [-0.2, 0) is 21.4 Å². The average Bonchev–Trinajstić information content (AvgIpc) is 3.12. The molecule has 8 nitrogen and oxygen atoms in total. The summed E-state index contributed by atoms with van der Waals surface area (Å²) in [6.07, 6.45) is 1.98. The Morgan fingerprint density at radius 1 is 0.889 bits per heavy atom. The second-order valence-electron chi connectivity index (χ2n) is 8.43. The van der Waals surface area contributed by atoms with Crippen molar-refractivity contribution in [2.75, 3.05) is 20.8 Å². The van der Waals surface area contributed by atoms with Crippen LogP contribution in [0.5, 0.6) is 23.0 Å². The second kappa shape index (κ2) is 11.5. The van der Waals surface area contributed by atoms with E-state index in [1.165, 1.54) is 30.7 Å². The first-order chi connectivity index (χ1) is 17.4. The number of ether oxygens (including phenoxy) is 3. The standard InChI is InChI=1S/C27H30N2O6S/c1-33-25-16-11-20(18-26(25)34-2)19-29(24-10-6-7-17-28-27(24)30)36(31,32)23-14-12-22(13-15-23)35-21-8-4-3-5-9-21/h3-5,8-9,11-16,18,24H,6-7,10,17,19H2,1-2H3,(H,28,30). The van der Waals surface area contributed by atoms with Crippen molar-refractivity contribution < 1.29 is 27.4 Å². The number of methoxy groups -OCH3 is 2. The molecule has 3 aromatic carbocycles. The number of carbonyl (C=O) groups is 1. The van der Waals surface area contributed by atoms with Gasteiger partial charge in [-0.2, -0.15) is 4.31 Å². The Balaban J connectivity index is 1.66. The molecule has 1 fully saturated rings. The molecule has 0 saturated carbocycles. The molecule has 1 amide bonds. The Kier molecular flexibility index (Phi) is 8.12. The Hall–Kier alpha value is -3.56. The van der Waals surface area contributed by atoms with Gasteiger partial charge in [0.25, 0.3) is 0 Å². The zero-order valence-electron chi connectivity index (χ0n) is 20.3. The van der Waals surface area contributed by atoms with Crippen LogP contribution in [0, 0.1) is 0 Å². The summed E-state index contributed by atoms with van der Waals surface area (Å²) in [4.78, 5) is 13.0. The molecule has 1 N–H and O–H groups in total. The fraction of sp³-hybridized carbons (Fsp3) is 0.296. The van der Waals surface area contributed by atoms with Gasteiger partial charge in [-0.1, -0.05) is 24.3 Å². The first-order valence-electron chi connectivity index (χ1n) is 11.8. The lowest BCUT2D eigenvalue weighted by Gasteiger charge is -2.29. The van der Waals surface area contributed by atoms with Gasteiger partial charge in [0.2, 0.25) is 15.9 Å². The summed E-state index contributed by atoms with van der Waals surface area (Å²) < 4.78 is 45.6. The Morgan fingerprint density at radius 2 is 1.58 bits per heavy atom. The Labute approximate surface area is 211 Å². The van der Waals surface area contributed by atoms with Crippen LogP contribution in [-0.4, -0.2) is 45.4 Å². The molecule has 0 aliphatic carbocycles. The summed E-state index contributed by atoms with van der Waals surface area (Å²) >= 11 is 0. The minimum atomic E-state index is -4.03. The highest BCUT2D eigenvalue weighted by atomic mass is 32.2. The zero-order chi connectivity index (χ0) is 25.5. The fourth-order valence-corrected chi connectivity index (χ4v) is 5.77. The van der Waals surface area contributed by atoms with Crippen molar-refractivity contribution in [1.82, 2.24) is 9.62 Å². The largest absolute Gasteiger partial charge is 0.493 e. The molecule has 0 spiro atoms. The lowest BCUT2D eigenvalue weighted by Crippen LogP contribution is -2.48. The molecule has 1 saturated heterocycles. The summed E-state index contributed by atoms with van der Waals surface area (Å²) in [7, 11) is -0.969. The molecule has 0 radical (unpaired) electrons. The molecule has 1 aliphatic heterocycles. The predicted octanol–water partition coefficient (Wildman–Crippen LogP) is 4.36. The monoisotopic (exact) mass is 510 g/mol. The van der Waals surface area contributed by atoms with E-state index in [1.807, 2.05) is 30.3 Å². The van der Waals surface area contributed by atoms with E-state index < -0.39 is 16.1 Å². The summed E-state index contributed by atoms with van der Waals surface area (Å²) in [6, 6.07) is 19.9. The van der Waals surface area contributed by atoms with Crippen LogP contribution in [0.4, 0.5) is 0 Å². The number of nitrogens with one attached hydrogen (secondary N) is 1. The highest BCUT2D eigenvalue weighted by Crippen LogP contribution is 2.31. The number of sulfonamides is 1. The molecule has 9 heteroatoms. The smallest absolute Gasteiger partial charge is 0.244 e. The van der Waals surface area contributed by atoms with Crippen LogP contribution in [0.1, 0.15) is 24.8 Å². The van der Waals surface area contributed by atoms with Gasteiger partial charge in [0.1, 0.15) is 17.5 Å². The first kappa shape index (κ1) is 25.5. The Morgan fingerprint density at radius 3 is 2.28 bits per heavy atom. The van der Waals surface area contributed by atoms with Gasteiger partial charge in [0.05, 0.1) is 19.1 Å². The molecule has 3 aromatic rings. The van der Waals surface area contributed by atoms with Crippen molar-refractivity contribution in [3.8, 4) is 23.0 Å². The maximum absolute atomic E-state index is 13.9. The first-order valence-corrected chi connectivity index (χ1v) is 13.2. The summed E-state index contributed by atoms with van der Waals surface area (Å²) in [5.74, 6) is 1.90. The van der Waals surface area contributed by atoms with E-state index in [4.69, 9.17) is 14.2 Å². The van der Waals surface area contributed by atoms with E-state index >= 15 is 0 Å². The van der Waals surface area contributed by atoms with Crippen molar-refractivity contribution in [3.05, 3.63) is 78.4 Å². The highest BCUT2D eigenvalue weighted by Gasteiger charge is 2.36. The lowest BCUT2D eigenvalue weighted by atomic mass is 10.1. The average molecular weight is 511 g/mol. The minimum Gasteiger partial charge on any atom is -0.493 e. The maximum Gasteiger partial charge on any atom is 0.244 e. The van der Waals surface area contributed by atoms with Gasteiger partial charge in [-0.05, 0) is 73.4 Å². The fourth-order valence-electron chi connectivity index (χ4n) is 4.16. The number of nitrogens with zero attached hydrogens (tertiary/aromatic N) is 1. The van der Waals surface area contributed by atoms with Gasteiger partial charge in [-0.25, -0.2) is 8.42 Å². The summed E-state index contributed by atoms with van der Waals surface area (Å²) in [5, 5.41) is 2.85. The van der Waals surface area contributed by atoms with Gasteiger partial charge in [0.15, 0.2) is 11.5 Å². The number of benzene rings is 3. The van der Waals surface area contributed by atoms with E-state index in [-0.39, 0.29) is 17.3 Å². The molecule has 36 heavy (non-hydrogen) atoms. The molecule has 0 aromatic heterocycles. The van der Waals surface area contributed by atoms with Crippen LogP contribution in [0.15, 0.2) is 77.7 Å². The molecule has 4 rings (SSSR count). The van der Waals surface area contributed by atoms with Crippen LogP contribution in [0.3, 0.4) is 0 Å². The third kappa shape index (κ3) is 5.80. The molecule has 0 bridgehead atoms. The summed E-state index contributed by atoms with van der Waals surface area (Å²) in [6.45, 7) is 0.536. The van der Waals surface area contributed by atoms with Gasteiger partial charge >= 0.3 is 0 Å². The van der Waals surface area contributed by atoms with Crippen LogP contribution >= 0.6 is 0 Å². The molecule has 190 valence electrons. The number of rotatable bonds is 9. The zero-order valence-corrected chi connectivity index (χ0v) is 21.2. The number of carbonyl (C=O) groups excluding carboxylic acids is 1. The lowest BCUT2D eigenvalue weighted by molar-refractivity contribution is -0.124. The number of hydrogen-bond donors (Lipinski definition) is 1. The number of amides is 1. The van der Waals surface area contributed by atoms with Crippen molar-refractivity contribution in [2.45, 2.75) is 36.7 Å². The van der Waals surface area contributed by atoms with Gasteiger partial charge < -0.3 is 19.5 Å². The Bertz CT molecular complexity index is 1280. The SMILES string of the molecule is COc1ccc(CN(C2CCCCNC2=O)S(=O)(=O)c2ccc(Oc3ccccc3)cc2)cc1OC. The van der Waals surface area contributed by atoms with Crippen LogP contribution < -0.4 is 19.5 Å². The predicted molar refractivity (Wildman–Crippen MR) is 136 cm³/mol. The second-order valence-corrected chi connectivity index (χ2v) is 10.3. The minimum absolute atomic E-state index is 0.00302. The topological polar surface area (TPSA) is 94.2 Å². The normalized spacial score (nSPS) is 16.2. The van der Waals surface area contributed by atoms with Gasteiger partial charge in [-0.3, -0.25) is 4.79 Å². The maximum atomic E-state index is 13.9. The quantitative estimate of drug-likeness (QED) is 0.460. The van der Waals surface area contributed by atoms with E-state index in [1.54, 1.807) is 30.3 Å². The van der Waals surface area contributed by atoms with E-state index in [2.05, 4.69) is 5.32 Å². The third-order valence-corrected chi connectivity index (χ3v) is 7.92. The summed E-state index contributed by atoms with van der Waals surface area (Å²) in [5.41, 5.74) is 0.678. The molecule has 1 aliphatic rings. The van der Waals surface area contributed by atoms with Crippen molar-refractivity contribution in [1.29, 1.82) is 0 Å². The van der Waals surface area contributed by atoms with Crippen LogP contribution in [0.25, 0.3) is 0 Å². The van der Waals surface area contributed by atoms with E-state index in [0.717, 1.165) is 12.8 Å². The molecular formula is C27H30N2O6S. The van der Waals surface area contributed by atoms with Gasteiger partial charge in [0, 0.05) is 13.1 Å². The van der Waals surface area contributed by atoms with Crippen molar-refractivity contribution in [3.63, 3.8) is 0 Å². The molecular weight excluding hydrogens is 480 g/mol. The molecule has 1 heterocycles. The number of hydrogen-bond acceptors (Lipinski definition) is 6. The van der Waals surface area contributed by atoms with Crippen molar-refractivity contribution >= 4 is 15.9 Å². The number of para-hydroxylation sites is 1. The van der Waals surface area contributed by atoms with E-state index in [0.29, 0.717) is 41.5 Å². The van der Waals surface area contributed by atoms with E-state index in [9.17, 15) is 13.2 Å². The molecule has 1 atom stereocenters.